The van der Waals surface area contributed by atoms with Gasteiger partial charge in [-0.2, -0.15) is 0 Å². The van der Waals surface area contributed by atoms with E-state index in [1.54, 1.807) is 0 Å². The summed E-state index contributed by atoms with van der Waals surface area (Å²) in [5, 5.41) is 9.69. The number of quaternary nitrogens is 1. The predicted molar refractivity (Wildman–Crippen MR) is 309 cm³/mol. The number of unbranched alkanes of at least 4 members (excludes halogenated alkanes) is 37. The number of hydrogen-bond acceptors (Lipinski definition) is 7. The zero-order valence-electron chi connectivity index (χ0n) is 48.8. The van der Waals surface area contributed by atoms with Crippen LogP contribution in [0.3, 0.4) is 0 Å². The quantitative estimate of drug-likeness (QED) is 0.0211. The van der Waals surface area contributed by atoms with Crippen LogP contribution in [0.15, 0.2) is 36.5 Å². The van der Waals surface area contributed by atoms with Crippen molar-refractivity contribution in [2.24, 2.45) is 0 Å². The minimum Gasteiger partial charge on any atom is -0.477 e. The predicted octanol–water partition coefficient (Wildman–Crippen LogP) is 18.5. The summed E-state index contributed by atoms with van der Waals surface area (Å²) in [6.07, 6.45) is 65.4. The van der Waals surface area contributed by atoms with E-state index in [4.69, 9.17) is 18.9 Å². The summed E-state index contributed by atoms with van der Waals surface area (Å²) in [6.45, 7) is 4.87. The number of nitrogens with zero attached hydrogens (tertiary/aromatic N) is 1. The molecule has 0 rings (SSSR count). The Bertz CT molecular complexity index is 1290. The molecular formula is C64H120NO8+. The van der Waals surface area contributed by atoms with Crippen molar-refractivity contribution in [2.75, 3.05) is 47.5 Å². The summed E-state index contributed by atoms with van der Waals surface area (Å²) in [7, 11) is 5.97. The van der Waals surface area contributed by atoms with Crippen molar-refractivity contribution in [1.29, 1.82) is 0 Å². The molecule has 0 heterocycles. The second kappa shape index (κ2) is 55.7. The molecule has 1 N–H and O–H groups in total. The van der Waals surface area contributed by atoms with Gasteiger partial charge in [0.2, 0.25) is 0 Å². The van der Waals surface area contributed by atoms with Gasteiger partial charge in [-0.05, 0) is 70.6 Å². The maximum atomic E-state index is 12.9. The van der Waals surface area contributed by atoms with Crippen molar-refractivity contribution in [2.45, 2.75) is 309 Å². The topological polar surface area (TPSA) is 108 Å². The summed E-state index contributed by atoms with van der Waals surface area (Å²) >= 11 is 0. The van der Waals surface area contributed by atoms with E-state index in [2.05, 4.69) is 50.3 Å². The molecule has 0 radical (unpaired) electrons. The molecule has 2 atom stereocenters. The van der Waals surface area contributed by atoms with Gasteiger partial charge in [0.15, 0.2) is 6.10 Å². The summed E-state index contributed by atoms with van der Waals surface area (Å²) in [6, 6.07) is 0. The third-order valence-electron chi connectivity index (χ3n) is 13.9. The molecule has 9 nitrogen and oxygen atoms in total. The molecule has 0 bridgehead atoms. The molecule has 9 heteroatoms. The molecule has 0 aliphatic rings. The number of carbonyl (C=O) groups excluding carboxylic acids is 2. The molecule has 0 fully saturated rings. The monoisotopic (exact) mass is 1030 g/mol. The van der Waals surface area contributed by atoms with Gasteiger partial charge in [-0.3, -0.25) is 9.59 Å². The second-order valence-electron chi connectivity index (χ2n) is 22.4. The first kappa shape index (κ1) is 70.5. The Morgan fingerprint density at radius 2 is 0.740 bits per heavy atom. The zero-order valence-corrected chi connectivity index (χ0v) is 48.8. The Morgan fingerprint density at radius 1 is 0.411 bits per heavy atom. The number of hydrogen-bond donors (Lipinski definition) is 1. The Hall–Kier alpha value is -2.49. The summed E-state index contributed by atoms with van der Waals surface area (Å²) < 4.78 is 22.9. The largest absolute Gasteiger partial charge is 0.477 e. The van der Waals surface area contributed by atoms with Gasteiger partial charge in [-0.15, -0.1) is 0 Å². The van der Waals surface area contributed by atoms with E-state index in [0.717, 1.165) is 64.2 Å². The fraction of sp³-hybridized carbons (Fsp3) is 0.859. The number of ether oxygens (including phenoxy) is 4. The van der Waals surface area contributed by atoms with Crippen LogP contribution in [0.2, 0.25) is 0 Å². The number of carboxylic acids is 1. The van der Waals surface area contributed by atoms with Gasteiger partial charge in [0.05, 0.1) is 34.4 Å². The third-order valence-corrected chi connectivity index (χ3v) is 13.9. The van der Waals surface area contributed by atoms with Crippen molar-refractivity contribution < 1.29 is 42.9 Å². The van der Waals surface area contributed by atoms with Crippen molar-refractivity contribution in [1.82, 2.24) is 0 Å². The van der Waals surface area contributed by atoms with Gasteiger partial charge in [0, 0.05) is 12.8 Å². The van der Waals surface area contributed by atoms with E-state index in [0.29, 0.717) is 17.4 Å². The highest BCUT2D eigenvalue weighted by Gasteiger charge is 2.25. The SMILES string of the molecule is CCCCCC/C=C\CCCCCCCC(=O)OCC(COC(OCC[N+](C)(C)C)C(=O)O)OC(=O)CCCCCCCCCCCCCCCCCCCCCCCCC/C=C\C/C=C\CCCCCCC. The van der Waals surface area contributed by atoms with Crippen LogP contribution in [0.1, 0.15) is 296 Å². The normalized spacial score (nSPS) is 12.9. The molecule has 0 spiro atoms. The van der Waals surface area contributed by atoms with Gasteiger partial charge in [-0.25, -0.2) is 4.79 Å². The van der Waals surface area contributed by atoms with E-state index >= 15 is 0 Å². The maximum absolute atomic E-state index is 12.9. The Labute approximate surface area is 451 Å². The van der Waals surface area contributed by atoms with Crippen LogP contribution >= 0.6 is 0 Å². The highest BCUT2D eigenvalue weighted by Crippen LogP contribution is 2.17. The van der Waals surface area contributed by atoms with E-state index in [1.165, 1.54) is 205 Å². The average molecular weight is 1030 g/mol. The lowest BCUT2D eigenvalue weighted by atomic mass is 10.0. The van der Waals surface area contributed by atoms with Gasteiger partial charge >= 0.3 is 17.9 Å². The van der Waals surface area contributed by atoms with Crippen LogP contribution in [-0.4, -0.2) is 87.4 Å². The van der Waals surface area contributed by atoms with Crippen LogP contribution in [0.5, 0.6) is 0 Å². The summed E-state index contributed by atoms with van der Waals surface area (Å²) in [4.78, 5) is 37.4. The minimum absolute atomic E-state index is 0.182. The number of allylic oxidation sites excluding steroid dienone is 6. The van der Waals surface area contributed by atoms with E-state index < -0.39 is 24.3 Å². The van der Waals surface area contributed by atoms with Gasteiger partial charge in [-0.1, -0.05) is 249 Å². The Kier molecular flexibility index (Phi) is 53.8. The highest BCUT2D eigenvalue weighted by molar-refractivity contribution is 5.71. The molecule has 0 aromatic rings. The van der Waals surface area contributed by atoms with Gasteiger partial charge in [0.25, 0.3) is 6.29 Å². The number of esters is 2. The molecule has 0 aromatic carbocycles. The number of carbonyl (C=O) groups is 3. The summed E-state index contributed by atoms with van der Waals surface area (Å²) in [5.41, 5.74) is 0. The lowest BCUT2D eigenvalue weighted by Gasteiger charge is -2.25. The van der Waals surface area contributed by atoms with Crippen molar-refractivity contribution in [3.8, 4) is 0 Å². The van der Waals surface area contributed by atoms with Crippen LogP contribution in [0.4, 0.5) is 0 Å². The van der Waals surface area contributed by atoms with Crippen molar-refractivity contribution in [3.05, 3.63) is 36.5 Å². The molecule has 0 amide bonds. The van der Waals surface area contributed by atoms with Crippen molar-refractivity contribution >= 4 is 17.9 Å². The molecule has 0 saturated carbocycles. The van der Waals surface area contributed by atoms with E-state index in [-0.39, 0.29) is 32.2 Å². The summed E-state index contributed by atoms with van der Waals surface area (Å²) in [5.74, 6) is -2.00. The maximum Gasteiger partial charge on any atom is 0.361 e. The fourth-order valence-corrected chi connectivity index (χ4v) is 9.04. The number of rotatable bonds is 58. The fourth-order valence-electron chi connectivity index (χ4n) is 9.04. The minimum atomic E-state index is -1.51. The van der Waals surface area contributed by atoms with Crippen LogP contribution in [0.25, 0.3) is 0 Å². The lowest BCUT2D eigenvalue weighted by Crippen LogP contribution is -2.40. The Morgan fingerprint density at radius 3 is 1.11 bits per heavy atom. The molecule has 73 heavy (non-hydrogen) atoms. The molecule has 0 aliphatic heterocycles. The molecule has 0 aliphatic carbocycles. The molecule has 0 aromatic heterocycles. The third kappa shape index (κ3) is 57.1. The standard InChI is InChI=1S/C64H119NO8/c1-6-8-10-12-14-16-18-20-21-22-23-24-25-26-27-28-29-30-31-32-33-34-35-36-37-38-39-40-41-43-45-47-49-51-53-55-62(67)73-60(59-72-64(63(68)69)70-57-56-65(3,4)5)58-71-61(66)54-52-50-48-46-44-42-19-17-15-13-11-9-7-2/h17-20,22-23,60,64H,6-16,21,24-59H2,1-5H3/p+1/b19-17-,20-18-,23-22-. The molecular weight excluding hydrogens is 911 g/mol. The first-order valence-electron chi connectivity index (χ1n) is 31.2. The number of likely N-dealkylation sites (N-methyl/N-ethyl adjacent to an activating group) is 1. The smallest absolute Gasteiger partial charge is 0.361 e. The highest BCUT2D eigenvalue weighted by atomic mass is 16.7. The van der Waals surface area contributed by atoms with Gasteiger partial charge < -0.3 is 28.5 Å². The van der Waals surface area contributed by atoms with Crippen LogP contribution in [-0.2, 0) is 33.3 Å². The number of aliphatic carboxylic acids is 1. The van der Waals surface area contributed by atoms with Gasteiger partial charge in [0.1, 0.15) is 13.2 Å². The molecule has 0 saturated heterocycles. The van der Waals surface area contributed by atoms with Crippen LogP contribution in [0, 0.1) is 0 Å². The average Bonchev–Trinajstić information content (AvgIpc) is 3.36. The zero-order chi connectivity index (χ0) is 53.4. The van der Waals surface area contributed by atoms with Crippen molar-refractivity contribution in [3.63, 3.8) is 0 Å². The van der Waals surface area contributed by atoms with Crippen LogP contribution < -0.4 is 0 Å². The van der Waals surface area contributed by atoms with E-state index in [1.807, 2.05) is 21.1 Å². The lowest BCUT2D eigenvalue weighted by molar-refractivity contribution is -0.870. The Balaban J connectivity index is 3.99. The van der Waals surface area contributed by atoms with E-state index in [9.17, 15) is 19.5 Å². The first-order chi connectivity index (χ1) is 35.6. The first-order valence-corrected chi connectivity index (χ1v) is 31.2. The second-order valence-corrected chi connectivity index (χ2v) is 22.4. The molecule has 2 unspecified atom stereocenters. The molecule has 428 valence electrons. The number of carboxylic acid groups (broad SMARTS) is 1.